The molecule has 184 valence electrons. The van der Waals surface area contributed by atoms with Gasteiger partial charge >= 0.3 is 6.09 Å². The van der Waals surface area contributed by atoms with E-state index in [1.54, 1.807) is 37.6 Å². The first kappa shape index (κ1) is 23.1. The van der Waals surface area contributed by atoms with Crippen molar-refractivity contribution in [2.75, 3.05) is 38.3 Å². The zero-order chi connectivity index (χ0) is 24.4. The van der Waals surface area contributed by atoms with Gasteiger partial charge in [0.2, 0.25) is 5.88 Å². The van der Waals surface area contributed by atoms with E-state index in [4.69, 9.17) is 18.9 Å². The summed E-state index contributed by atoms with van der Waals surface area (Å²) in [5, 5.41) is 24.3. The van der Waals surface area contributed by atoms with Crippen molar-refractivity contribution < 1.29 is 34.0 Å². The minimum absolute atomic E-state index is 0.0764. The highest BCUT2D eigenvalue weighted by atomic mass is 16.6. The highest BCUT2D eigenvalue weighted by Crippen LogP contribution is 2.35. The monoisotopic (exact) mass is 482 g/mol. The molecule has 0 spiro atoms. The fourth-order valence-electron chi connectivity index (χ4n) is 4.11. The Kier molecular flexibility index (Phi) is 6.53. The van der Waals surface area contributed by atoms with Crippen LogP contribution >= 0.6 is 0 Å². The number of nitrogens with one attached hydrogen (secondary N) is 1. The Morgan fingerprint density at radius 3 is 2.83 bits per heavy atom. The van der Waals surface area contributed by atoms with E-state index in [2.05, 4.69) is 15.3 Å². The van der Waals surface area contributed by atoms with Crippen molar-refractivity contribution in [3.8, 4) is 17.4 Å². The molecule has 0 radical (unpaired) electrons. The Morgan fingerprint density at radius 1 is 1.17 bits per heavy atom. The number of carbonyl (C=O) groups is 1. The molecule has 4 heterocycles. The average Bonchev–Trinajstić information content (AvgIpc) is 3.29. The lowest BCUT2D eigenvalue weighted by molar-refractivity contribution is -0.0460. The summed E-state index contributed by atoms with van der Waals surface area (Å²) in [6.07, 6.45) is -2.25. The molecule has 2 aliphatic rings. The van der Waals surface area contributed by atoms with Crippen molar-refractivity contribution >= 4 is 22.8 Å². The molecule has 11 nitrogen and oxygen atoms in total. The zero-order valence-corrected chi connectivity index (χ0v) is 19.1. The first-order valence-electron chi connectivity index (χ1n) is 11.3. The van der Waals surface area contributed by atoms with Crippen LogP contribution in [0.1, 0.15) is 5.56 Å². The lowest BCUT2D eigenvalue weighted by Crippen LogP contribution is -2.44. The normalized spacial score (nSPS) is 18.9. The van der Waals surface area contributed by atoms with E-state index in [0.717, 1.165) is 11.1 Å². The molecule has 1 aromatic carbocycles. The number of pyridine rings is 2. The molecule has 0 saturated carbocycles. The molecule has 0 bridgehead atoms. The molecule has 3 atom stereocenters. The van der Waals surface area contributed by atoms with E-state index in [-0.39, 0.29) is 13.1 Å². The van der Waals surface area contributed by atoms with E-state index in [1.165, 1.54) is 4.90 Å². The van der Waals surface area contributed by atoms with Crippen molar-refractivity contribution in [2.24, 2.45) is 0 Å². The van der Waals surface area contributed by atoms with Crippen LogP contribution in [-0.4, -0.2) is 78.0 Å². The minimum atomic E-state index is -1.28. The number of amides is 1. The maximum Gasteiger partial charge on any atom is 0.414 e. The third-order valence-corrected chi connectivity index (χ3v) is 5.97. The number of cyclic esters (lactones) is 1. The van der Waals surface area contributed by atoms with Gasteiger partial charge in [-0.2, -0.15) is 0 Å². The fraction of sp³-hybridized carbons (Fsp3) is 0.375. The van der Waals surface area contributed by atoms with Crippen LogP contribution in [-0.2, 0) is 11.3 Å². The number of ether oxygens (including phenoxy) is 4. The maximum atomic E-state index is 12.5. The number of aliphatic hydroxyl groups is 2. The molecular weight excluding hydrogens is 456 g/mol. The van der Waals surface area contributed by atoms with Gasteiger partial charge in [0.15, 0.2) is 17.6 Å². The second-order valence-corrected chi connectivity index (χ2v) is 8.24. The predicted octanol–water partition coefficient (Wildman–Crippen LogP) is 1.25. The Morgan fingerprint density at radius 2 is 2.00 bits per heavy atom. The maximum absolute atomic E-state index is 12.5. The van der Waals surface area contributed by atoms with Gasteiger partial charge in [-0.3, -0.25) is 9.88 Å². The van der Waals surface area contributed by atoms with Gasteiger partial charge in [0.1, 0.15) is 19.3 Å². The van der Waals surface area contributed by atoms with Gasteiger partial charge in [-0.05, 0) is 29.8 Å². The van der Waals surface area contributed by atoms with Crippen molar-refractivity contribution in [1.29, 1.82) is 0 Å². The number of benzene rings is 1. The third kappa shape index (κ3) is 4.78. The number of anilines is 1. The number of aliphatic hydroxyl groups excluding tert-OH is 2. The SMILES string of the molecule is COc1ccc2nccc(CNC[C@H](O)[C@@H](O)[C@H]3CN(c4ccc5c(c4)OCCO5)C(=O)O3)c2n1. The van der Waals surface area contributed by atoms with Gasteiger partial charge in [-0.1, -0.05) is 0 Å². The third-order valence-electron chi connectivity index (χ3n) is 5.97. The molecule has 5 rings (SSSR count). The number of methoxy groups -OCH3 is 1. The Labute approximate surface area is 201 Å². The summed E-state index contributed by atoms with van der Waals surface area (Å²) >= 11 is 0. The summed E-state index contributed by atoms with van der Waals surface area (Å²) in [4.78, 5) is 22.6. The van der Waals surface area contributed by atoms with Crippen LogP contribution in [0.2, 0.25) is 0 Å². The summed E-state index contributed by atoms with van der Waals surface area (Å²) in [6.45, 7) is 1.46. The molecule has 0 aliphatic carbocycles. The molecule has 3 aromatic rings. The number of hydrogen-bond donors (Lipinski definition) is 3. The number of carbonyl (C=O) groups excluding carboxylic acids is 1. The van der Waals surface area contributed by atoms with Crippen molar-refractivity contribution in [3.63, 3.8) is 0 Å². The molecule has 35 heavy (non-hydrogen) atoms. The highest BCUT2D eigenvalue weighted by molar-refractivity contribution is 5.90. The van der Waals surface area contributed by atoms with E-state index in [1.807, 2.05) is 12.1 Å². The van der Waals surface area contributed by atoms with Gasteiger partial charge in [0.25, 0.3) is 0 Å². The highest BCUT2D eigenvalue weighted by Gasteiger charge is 2.39. The van der Waals surface area contributed by atoms with Crippen LogP contribution in [0.4, 0.5) is 10.5 Å². The summed E-state index contributed by atoms with van der Waals surface area (Å²) in [5.74, 6) is 1.64. The molecule has 2 aromatic heterocycles. The number of nitrogens with zero attached hydrogens (tertiary/aromatic N) is 3. The molecule has 11 heteroatoms. The number of rotatable bonds is 8. The molecule has 1 saturated heterocycles. The fourth-order valence-corrected chi connectivity index (χ4v) is 4.11. The van der Waals surface area contributed by atoms with Crippen LogP contribution in [0.5, 0.6) is 17.4 Å². The van der Waals surface area contributed by atoms with Crippen LogP contribution in [0.25, 0.3) is 11.0 Å². The first-order chi connectivity index (χ1) is 17.0. The van der Waals surface area contributed by atoms with E-state index in [9.17, 15) is 15.0 Å². The summed E-state index contributed by atoms with van der Waals surface area (Å²) in [7, 11) is 1.55. The number of aromatic nitrogens is 2. The molecule has 3 N–H and O–H groups in total. The lowest BCUT2D eigenvalue weighted by Gasteiger charge is -2.23. The molecule has 1 fully saturated rings. The molecular formula is C24H26N4O7. The van der Waals surface area contributed by atoms with Gasteiger partial charge in [-0.15, -0.1) is 0 Å². The first-order valence-corrected chi connectivity index (χ1v) is 11.3. The smallest absolute Gasteiger partial charge is 0.414 e. The van der Waals surface area contributed by atoms with Crippen molar-refractivity contribution in [3.05, 3.63) is 48.2 Å². The minimum Gasteiger partial charge on any atom is -0.486 e. The summed E-state index contributed by atoms with van der Waals surface area (Å²) < 4.78 is 21.6. The number of hydrogen-bond acceptors (Lipinski definition) is 10. The topological polar surface area (TPSA) is 136 Å². The van der Waals surface area contributed by atoms with Gasteiger partial charge in [-0.25, -0.2) is 9.78 Å². The number of fused-ring (bicyclic) bond motifs is 2. The van der Waals surface area contributed by atoms with Gasteiger partial charge < -0.3 is 34.5 Å². The second kappa shape index (κ2) is 9.90. The van der Waals surface area contributed by atoms with E-state index in [0.29, 0.717) is 48.3 Å². The largest absolute Gasteiger partial charge is 0.486 e. The Bertz CT molecular complexity index is 1220. The van der Waals surface area contributed by atoms with Gasteiger partial charge in [0, 0.05) is 31.4 Å². The molecule has 0 unspecified atom stereocenters. The Balaban J connectivity index is 1.19. The van der Waals surface area contributed by atoms with Crippen molar-refractivity contribution in [2.45, 2.75) is 24.9 Å². The average molecular weight is 482 g/mol. The Hall–Kier alpha value is -3.67. The van der Waals surface area contributed by atoms with Crippen LogP contribution in [0.3, 0.4) is 0 Å². The lowest BCUT2D eigenvalue weighted by atomic mass is 10.1. The summed E-state index contributed by atoms with van der Waals surface area (Å²) in [5.41, 5.74) is 2.85. The van der Waals surface area contributed by atoms with Crippen LogP contribution in [0.15, 0.2) is 42.6 Å². The predicted molar refractivity (Wildman–Crippen MR) is 125 cm³/mol. The van der Waals surface area contributed by atoms with Crippen LogP contribution < -0.4 is 24.4 Å². The standard InChI is InChI=1S/C24H26N4O7/c1-32-21-5-3-16-22(27-21)14(6-7-26-16)11-25-12-17(29)23(30)20-13-28(24(31)35-20)15-2-4-18-19(10-15)34-9-8-33-18/h2-7,10,17,20,23,25,29-30H,8-9,11-13H2,1H3/t17-,20+,23+/m0/s1. The quantitative estimate of drug-likeness (QED) is 0.430. The van der Waals surface area contributed by atoms with Crippen LogP contribution in [0, 0.1) is 0 Å². The van der Waals surface area contributed by atoms with E-state index >= 15 is 0 Å². The van der Waals surface area contributed by atoms with Gasteiger partial charge in [0.05, 0.1) is 36.5 Å². The molecule has 1 amide bonds. The zero-order valence-electron chi connectivity index (χ0n) is 19.1. The van der Waals surface area contributed by atoms with E-state index < -0.39 is 24.4 Å². The summed E-state index contributed by atoms with van der Waals surface area (Å²) in [6, 6.07) is 10.5. The second-order valence-electron chi connectivity index (χ2n) is 8.24. The molecule has 2 aliphatic heterocycles. The van der Waals surface area contributed by atoms with Crippen molar-refractivity contribution in [1.82, 2.24) is 15.3 Å².